The maximum Gasteiger partial charge on any atom is 0.0736 e. The van der Waals surface area contributed by atoms with Crippen LogP contribution in [0.1, 0.15) is 22.3 Å². The van der Waals surface area contributed by atoms with Gasteiger partial charge in [-0.25, -0.2) is 0 Å². The van der Waals surface area contributed by atoms with Crippen LogP contribution in [-0.2, 0) is 5.41 Å². The molecule has 2 heteroatoms. The van der Waals surface area contributed by atoms with Gasteiger partial charge in [0.15, 0.2) is 0 Å². The molecule has 1 spiro atoms. The quantitative estimate of drug-likeness (QED) is 0.211. The normalized spacial score (nSPS) is 14.7. The van der Waals surface area contributed by atoms with Crippen molar-refractivity contribution >= 4 is 38.5 Å². The third-order valence-corrected chi connectivity index (χ3v) is 8.44. The van der Waals surface area contributed by atoms with Crippen molar-refractivity contribution < 1.29 is 0 Å². The van der Waals surface area contributed by atoms with E-state index in [-0.39, 0.29) is 5.41 Å². The van der Waals surface area contributed by atoms with Crippen molar-refractivity contribution in [3.63, 3.8) is 0 Å². The van der Waals surface area contributed by atoms with Crippen LogP contribution in [0.3, 0.4) is 0 Å². The molecule has 0 aromatic heterocycles. The van der Waals surface area contributed by atoms with Gasteiger partial charge in [-0.3, -0.25) is 0 Å². The van der Waals surface area contributed by atoms with Gasteiger partial charge in [-0.05, 0) is 68.4 Å². The van der Waals surface area contributed by atoms with Gasteiger partial charge in [0.2, 0.25) is 0 Å². The van der Waals surface area contributed by atoms with Crippen LogP contribution in [0, 0.1) is 0 Å². The Balaban J connectivity index is 1.75. The van der Waals surface area contributed by atoms with Crippen LogP contribution < -0.4 is 0 Å². The summed E-state index contributed by atoms with van der Waals surface area (Å²) in [6.45, 7) is 0. The Hall–Kier alpha value is -2.81. The maximum absolute atomic E-state index is 3.78. The van der Waals surface area contributed by atoms with Crippen molar-refractivity contribution in [1.29, 1.82) is 0 Å². The molecule has 0 atom stereocenters. The Morgan fingerprint density at radius 1 is 0.581 bits per heavy atom. The molecule has 0 saturated heterocycles. The highest BCUT2D eigenvalue weighted by molar-refractivity contribution is 9.10. The van der Waals surface area contributed by atoms with Gasteiger partial charge in [-0.15, -0.1) is 0 Å². The molecule has 7 rings (SSSR count). The second-order valence-electron chi connectivity index (χ2n) is 8.24. The largest absolute Gasteiger partial charge is 0.0894 e. The lowest BCUT2D eigenvalue weighted by atomic mass is 9.67. The summed E-state index contributed by atoms with van der Waals surface area (Å²) in [4.78, 5) is 2.68. The highest BCUT2D eigenvalue weighted by Crippen LogP contribution is 2.63. The number of fused-ring (bicyclic) bond motifs is 11. The first-order valence-corrected chi connectivity index (χ1v) is 12.1. The van der Waals surface area contributed by atoms with Gasteiger partial charge in [0.1, 0.15) is 0 Å². The zero-order valence-corrected chi connectivity index (χ0v) is 19.0. The third-order valence-electron chi connectivity index (χ3n) is 6.79. The molecule has 5 aromatic rings. The van der Waals surface area contributed by atoms with Crippen molar-refractivity contribution in [2.75, 3.05) is 0 Å². The Morgan fingerprint density at radius 3 is 2.03 bits per heavy atom. The van der Waals surface area contributed by atoms with E-state index in [2.05, 4.69) is 119 Å². The molecule has 1 heterocycles. The summed E-state index contributed by atoms with van der Waals surface area (Å²) in [5, 5.41) is 2.62. The van der Waals surface area contributed by atoms with Gasteiger partial charge < -0.3 is 0 Å². The highest BCUT2D eigenvalue weighted by atomic mass is 79.9. The van der Waals surface area contributed by atoms with E-state index in [4.69, 9.17) is 0 Å². The van der Waals surface area contributed by atoms with Crippen LogP contribution in [0.4, 0.5) is 0 Å². The average Bonchev–Trinajstić information content (AvgIpc) is 3.10. The van der Waals surface area contributed by atoms with E-state index in [1.54, 1.807) is 0 Å². The van der Waals surface area contributed by atoms with Crippen molar-refractivity contribution in [1.82, 2.24) is 0 Å². The summed E-state index contributed by atoms with van der Waals surface area (Å²) >= 11 is 5.67. The number of halogens is 1. The van der Waals surface area contributed by atoms with E-state index in [1.807, 2.05) is 11.8 Å². The summed E-state index contributed by atoms with van der Waals surface area (Å²) in [5.41, 5.74) is 7.92. The van der Waals surface area contributed by atoms with Crippen LogP contribution >= 0.6 is 27.7 Å². The molecule has 1 aliphatic heterocycles. The van der Waals surface area contributed by atoms with Crippen LogP contribution in [0.15, 0.2) is 117 Å². The van der Waals surface area contributed by atoms with Gasteiger partial charge in [0.05, 0.1) is 5.41 Å². The molecule has 0 radical (unpaired) electrons. The Bertz CT molecular complexity index is 1490. The zero-order chi connectivity index (χ0) is 20.6. The van der Waals surface area contributed by atoms with E-state index >= 15 is 0 Å². The van der Waals surface area contributed by atoms with Crippen molar-refractivity contribution in [2.24, 2.45) is 0 Å². The topological polar surface area (TPSA) is 0 Å². The van der Waals surface area contributed by atoms with Gasteiger partial charge in [0, 0.05) is 14.3 Å². The summed E-state index contributed by atoms with van der Waals surface area (Å²) < 4.78 is 1.12. The summed E-state index contributed by atoms with van der Waals surface area (Å²) in [5.74, 6) is 0. The third kappa shape index (κ3) is 2.22. The first-order chi connectivity index (χ1) is 15.3. The highest BCUT2D eigenvalue weighted by Gasteiger charge is 2.50. The molecule has 0 amide bonds. The monoisotopic (exact) mass is 476 g/mol. The number of rotatable bonds is 0. The zero-order valence-electron chi connectivity index (χ0n) is 16.6. The fourth-order valence-electron chi connectivity index (χ4n) is 5.64. The van der Waals surface area contributed by atoms with Gasteiger partial charge >= 0.3 is 0 Å². The smallest absolute Gasteiger partial charge is 0.0736 e. The molecule has 31 heavy (non-hydrogen) atoms. The van der Waals surface area contributed by atoms with Gasteiger partial charge in [-0.2, -0.15) is 0 Å². The Labute approximate surface area is 194 Å². The molecule has 0 fully saturated rings. The first kappa shape index (κ1) is 17.8. The van der Waals surface area contributed by atoms with Crippen LogP contribution in [-0.4, -0.2) is 0 Å². The number of hydrogen-bond acceptors (Lipinski definition) is 1. The predicted molar refractivity (Wildman–Crippen MR) is 133 cm³/mol. The van der Waals surface area contributed by atoms with Crippen LogP contribution in [0.25, 0.3) is 21.9 Å². The fourth-order valence-corrected chi connectivity index (χ4v) is 7.19. The van der Waals surface area contributed by atoms with E-state index in [0.29, 0.717) is 0 Å². The van der Waals surface area contributed by atoms with E-state index < -0.39 is 0 Å². The number of benzene rings is 5. The van der Waals surface area contributed by atoms with Gasteiger partial charge in [-0.1, -0.05) is 107 Å². The molecule has 0 saturated carbocycles. The standard InChI is InChI=1S/C29H17BrS/c30-19-14-15-21-25(17-19)29(24-16-13-18-7-1-2-8-20(18)28(21)24)22-9-3-5-11-26(22)31-27-12-6-4-10-23(27)29/h1-17H. The Morgan fingerprint density at radius 2 is 1.26 bits per heavy atom. The van der Waals surface area contributed by atoms with Crippen molar-refractivity contribution in [3.05, 3.63) is 130 Å². The minimum absolute atomic E-state index is 0.309. The lowest BCUT2D eigenvalue weighted by molar-refractivity contribution is 0.722. The predicted octanol–water partition coefficient (Wildman–Crippen LogP) is 8.43. The summed E-state index contributed by atoms with van der Waals surface area (Å²) in [7, 11) is 0. The van der Waals surface area contributed by atoms with E-state index in [0.717, 1.165) is 4.47 Å². The van der Waals surface area contributed by atoms with Crippen molar-refractivity contribution in [3.8, 4) is 11.1 Å². The van der Waals surface area contributed by atoms with Crippen LogP contribution in [0.2, 0.25) is 0 Å². The van der Waals surface area contributed by atoms with E-state index in [1.165, 1.54) is 53.9 Å². The summed E-state index contributed by atoms with van der Waals surface area (Å²) in [6, 6.07) is 38.1. The molecule has 0 unspecified atom stereocenters. The van der Waals surface area contributed by atoms with Crippen molar-refractivity contribution in [2.45, 2.75) is 15.2 Å². The molecule has 0 nitrogen and oxygen atoms in total. The SMILES string of the molecule is Brc1ccc2c(c1)C1(c3ccccc3Sc3ccccc31)c1ccc3ccccc3c1-2. The second-order valence-corrected chi connectivity index (χ2v) is 10.2. The molecular weight excluding hydrogens is 460 g/mol. The molecule has 2 aliphatic rings. The van der Waals surface area contributed by atoms with Crippen LogP contribution in [0.5, 0.6) is 0 Å². The molecule has 0 N–H and O–H groups in total. The maximum atomic E-state index is 3.78. The summed E-state index contributed by atoms with van der Waals surface area (Å²) in [6.07, 6.45) is 0. The Kier molecular flexibility index (Phi) is 3.65. The first-order valence-electron chi connectivity index (χ1n) is 10.5. The van der Waals surface area contributed by atoms with E-state index in [9.17, 15) is 0 Å². The molecular formula is C29H17BrS. The molecule has 1 aliphatic carbocycles. The second kappa shape index (κ2) is 6.35. The number of hydrogen-bond donors (Lipinski definition) is 0. The minimum Gasteiger partial charge on any atom is -0.0894 e. The molecule has 0 bridgehead atoms. The van der Waals surface area contributed by atoms with Gasteiger partial charge in [0.25, 0.3) is 0 Å². The lowest BCUT2D eigenvalue weighted by Gasteiger charge is -2.39. The molecule has 146 valence electrons. The fraction of sp³-hybridized carbons (Fsp3) is 0.0345. The minimum atomic E-state index is -0.309. The lowest BCUT2D eigenvalue weighted by Crippen LogP contribution is -2.31. The molecule has 5 aromatic carbocycles. The average molecular weight is 477 g/mol.